The first-order chi connectivity index (χ1) is 19.5. The molecule has 0 amide bonds. The van der Waals surface area contributed by atoms with E-state index in [4.69, 9.17) is 4.74 Å². The number of carbonyl (C=O) groups is 1. The molecule has 0 spiro atoms. The molecular formula is C36H53NO4. The van der Waals surface area contributed by atoms with E-state index < -0.39 is 4.92 Å². The van der Waals surface area contributed by atoms with Crippen molar-refractivity contribution in [2.75, 3.05) is 0 Å². The van der Waals surface area contributed by atoms with Gasteiger partial charge in [-0.25, -0.2) is 4.79 Å². The lowest BCUT2D eigenvalue weighted by Gasteiger charge is -2.58. The summed E-state index contributed by atoms with van der Waals surface area (Å²) in [5.41, 5.74) is 2.58. The molecule has 0 aromatic heterocycles. The standard InChI is InChI=1S/C36H53NO4/c1-7-25(23(2)3)9-8-24(4)31-16-17-32-30-15-12-27-22-29(18-20-35(27,5)33(30)19-21-36(31,32)6)41-34(38)26-10-13-28(14-11-26)37(39)40/h10-14,23-25,29-33H,7-9,15-22H2,1-6H3/t24-,25-,29?,30+,31-,32+,33+,35+,36-/m1/s1. The average molecular weight is 564 g/mol. The van der Waals surface area contributed by atoms with Gasteiger partial charge in [-0.3, -0.25) is 10.1 Å². The first kappa shape index (κ1) is 30.3. The summed E-state index contributed by atoms with van der Waals surface area (Å²) in [6.45, 7) is 14.9. The van der Waals surface area contributed by atoms with E-state index in [0.717, 1.165) is 60.7 Å². The van der Waals surface area contributed by atoms with Crippen LogP contribution in [0.1, 0.15) is 123 Å². The second-order valence-electron chi connectivity index (χ2n) is 15.0. The number of benzene rings is 1. The number of esters is 1. The Morgan fingerprint density at radius 3 is 2.41 bits per heavy atom. The maximum atomic E-state index is 12.8. The highest BCUT2D eigenvalue weighted by molar-refractivity contribution is 5.89. The highest BCUT2D eigenvalue weighted by Gasteiger charge is 2.59. The van der Waals surface area contributed by atoms with Crippen LogP contribution in [0.2, 0.25) is 0 Å². The number of nitrogens with zero attached hydrogens (tertiary/aromatic N) is 1. The van der Waals surface area contributed by atoms with Crippen LogP contribution in [0.4, 0.5) is 5.69 Å². The predicted molar refractivity (Wildman–Crippen MR) is 165 cm³/mol. The van der Waals surface area contributed by atoms with Crippen LogP contribution in [-0.4, -0.2) is 17.0 Å². The minimum Gasteiger partial charge on any atom is -0.458 e. The lowest BCUT2D eigenvalue weighted by Crippen LogP contribution is -2.51. The summed E-state index contributed by atoms with van der Waals surface area (Å²) in [5, 5.41) is 11.0. The molecular weight excluding hydrogens is 510 g/mol. The first-order valence-corrected chi connectivity index (χ1v) is 16.6. The molecule has 3 fully saturated rings. The SMILES string of the molecule is CC[C@H](CC[C@@H](C)[C@H]1CC[C@H]2[C@@H]3CC=C4CC(OC(=O)c5ccc([N+](=O)[O-])cc5)CC[C@]4(C)[C@H]3CC[C@]12C)C(C)C. The Bertz CT molecular complexity index is 1140. The number of allylic oxidation sites excluding steroid dienone is 1. The number of hydrogen-bond donors (Lipinski definition) is 0. The van der Waals surface area contributed by atoms with Crippen LogP contribution in [0, 0.1) is 62.4 Å². The Kier molecular flexibility index (Phi) is 8.75. The third-order valence-corrected chi connectivity index (χ3v) is 12.9. The Labute approximate surface area is 248 Å². The molecule has 4 aliphatic carbocycles. The minimum atomic E-state index is -0.449. The largest absolute Gasteiger partial charge is 0.458 e. The summed E-state index contributed by atoms with van der Waals surface area (Å²) in [7, 11) is 0. The molecule has 0 saturated heterocycles. The zero-order chi connectivity index (χ0) is 29.5. The van der Waals surface area contributed by atoms with Crippen molar-refractivity contribution < 1.29 is 14.5 Å². The van der Waals surface area contributed by atoms with Gasteiger partial charge in [0.15, 0.2) is 0 Å². The van der Waals surface area contributed by atoms with Gasteiger partial charge in [0.2, 0.25) is 0 Å². The number of nitro groups is 1. The van der Waals surface area contributed by atoms with Gasteiger partial charge in [0.25, 0.3) is 5.69 Å². The third-order valence-electron chi connectivity index (χ3n) is 12.9. The van der Waals surface area contributed by atoms with E-state index in [0.29, 0.717) is 11.0 Å². The topological polar surface area (TPSA) is 69.4 Å². The van der Waals surface area contributed by atoms with Crippen molar-refractivity contribution in [2.24, 2.45) is 52.3 Å². The maximum absolute atomic E-state index is 12.8. The summed E-state index contributed by atoms with van der Waals surface area (Å²) >= 11 is 0. The number of non-ortho nitro benzene ring substituents is 1. The van der Waals surface area contributed by atoms with Crippen molar-refractivity contribution in [3.63, 3.8) is 0 Å². The van der Waals surface area contributed by atoms with Crippen LogP contribution in [0.25, 0.3) is 0 Å². The molecule has 1 unspecified atom stereocenters. The van der Waals surface area contributed by atoms with Crippen molar-refractivity contribution in [1.29, 1.82) is 0 Å². The normalized spacial score (nSPS) is 36.0. The van der Waals surface area contributed by atoms with Gasteiger partial charge >= 0.3 is 5.97 Å². The van der Waals surface area contributed by atoms with Crippen molar-refractivity contribution in [1.82, 2.24) is 0 Å². The number of ether oxygens (including phenoxy) is 1. The van der Waals surface area contributed by atoms with Crippen molar-refractivity contribution in [3.05, 3.63) is 51.6 Å². The van der Waals surface area contributed by atoms with E-state index in [1.165, 1.54) is 81.2 Å². The van der Waals surface area contributed by atoms with Crippen LogP contribution in [-0.2, 0) is 4.74 Å². The number of fused-ring (bicyclic) bond motifs is 5. The van der Waals surface area contributed by atoms with Crippen LogP contribution < -0.4 is 0 Å². The lowest BCUT2D eigenvalue weighted by atomic mass is 9.47. The van der Waals surface area contributed by atoms with Gasteiger partial charge < -0.3 is 4.74 Å². The number of nitro benzene ring substituents is 1. The fraction of sp³-hybridized carbons (Fsp3) is 0.750. The summed E-state index contributed by atoms with van der Waals surface area (Å²) in [5.74, 6) is 5.34. The summed E-state index contributed by atoms with van der Waals surface area (Å²) in [4.78, 5) is 23.3. The van der Waals surface area contributed by atoms with Crippen molar-refractivity contribution in [3.8, 4) is 0 Å². The highest BCUT2D eigenvalue weighted by Crippen LogP contribution is 2.67. The molecule has 9 atom stereocenters. The molecule has 4 aliphatic rings. The second-order valence-corrected chi connectivity index (χ2v) is 15.0. The molecule has 5 rings (SSSR count). The van der Waals surface area contributed by atoms with E-state index in [1.54, 1.807) is 0 Å². The fourth-order valence-corrected chi connectivity index (χ4v) is 10.3. The van der Waals surface area contributed by atoms with Crippen LogP contribution in [0.3, 0.4) is 0 Å². The Morgan fingerprint density at radius 2 is 1.76 bits per heavy atom. The molecule has 0 N–H and O–H groups in total. The second kappa shape index (κ2) is 11.8. The highest BCUT2D eigenvalue weighted by atomic mass is 16.6. The molecule has 1 aromatic carbocycles. The summed E-state index contributed by atoms with van der Waals surface area (Å²) in [6.07, 6.45) is 16.0. The maximum Gasteiger partial charge on any atom is 0.338 e. The number of rotatable bonds is 9. The van der Waals surface area contributed by atoms with Gasteiger partial charge in [-0.15, -0.1) is 0 Å². The van der Waals surface area contributed by atoms with Crippen molar-refractivity contribution in [2.45, 2.75) is 118 Å². The zero-order valence-corrected chi connectivity index (χ0v) is 26.4. The van der Waals surface area contributed by atoms with E-state index in [1.807, 2.05) is 0 Å². The van der Waals surface area contributed by atoms with E-state index in [9.17, 15) is 14.9 Å². The first-order valence-electron chi connectivity index (χ1n) is 16.6. The molecule has 0 radical (unpaired) electrons. The van der Waals surface area contributed by atoms with E-state index in [2.05, 4.69) is 47.6 Å². The summed E-state index contributed by atoms with van der Waals surface area (Å²) in [6, 6.07) is 5.74. The van der Waals surface area contributed by atoms with Crippen LogP contribution >= 0.6 is 0 Å². The zero-order valence-electron chi connectivity index (χ0n) is 26.4. The molecule has 41 heavy (non-hydrogen) atoms. The van der Waals surface area contributed by atoms with Gasteiger partial charge in [-0.05, 0) is 116 Å². The smallest absolute Gasteiger partial charge is 0.338 e. The van der Waals surface area contributed by atoms with Gasteiger partial charge in [-0.1, -0.05) is 66.0 Å². The molecule has 0 bridgehead atoms. The molecule has 5 nitrogen and oxygen atoms in total. The van der Waals surface area contributed by atoms with Gasteiger partial charge in [-0.2, -0.15) is 0 Å². The predicted octanol–water partition coefficient (Wildman–Crippen LogP) is 9.80. The Morgan fingerprint density at radius 1 is 1.02 bits per heavy atom. The molecule has 5 heteroatoms. The van der Waals surface area contributed by atoms with E-state index in [-0.39, 0.29) is 23.2 Å². The molecule has 0 heterocycles. The number of carbonyl (C=O) groups excluding carboxylic acids is 1. The monoisotopic (exact) mass is 563 g/mol. The summed E-state index contributed by atoms with van der Waals surface area (Å²) < 4.78 is 5.95. The van der Waals surface area contributed by atoms with E-state index >= 15 is 0 Å². The Hall–Kier alpha value is -2.17. The van der Waals surface area contributed by atoms with Crippen LogP contribution in [0.15, 0.2) is 35.9 Å². The van der Waals surface area contributed by atoms with Gasteiger partial charge in [0.1, 0.15) is 6.10 Å². The molecule has 226 valence electrons. The fourth-order valence-electron chi connectivity index (χ4n) is 10.3. The average Bonchev–Trinajstić information content (AvgIpc) is 3.30. The van der Waals surface area contributed by atoms with Gasteiger partial charge in [0, 0.05) is 18.6 Å². The molecule has 1 aromatic rings. The number of hydrogen-bond acceptors (Lipinski definition) is 4. The van der Waals surface area contributed by atoms with Crippen molar-refractivity contribution >= 4 is 11.7 Å². The van der Waals surface area contributed by atoms with Crippen LogP contribution in [0.5, 0.6) is 0 Å². The third kappa shape index (κ3) is 5.64. The Balaban J connectivity index is 1.23. The lowest BCUT2D eigenvalue weighted by molar-refractivity contribution is -0.384. The molecule has 3 saturated carbocycles. The minimum absolute atomic E-state index is 0.0141. The quantitative estimate of drug-likeness (QED) is 0.130. The molecule has 0 aliphatic heterocycles. The van der Waals surface area contributed by atoms with Gasteiger partial charge in [0.05, 0.1) is 10.5 Å².